The zero-order chi connectivity index (χ0) is 13.5. The van der Waals surface area contributed by atoms with Gasteiger partial charge in [0.15, 0.2) is 0 Å². The molecule has 0 aliphatic heterocycles. The van der Waals surface area contributed by atoms with E-state index in [-0.39, 0.29) is 5.91 Å². The summed E-state index contributed by atoms with van der Waals surface area (Å²) in [5, 5.41) is 2.69. The number of hydrogen-bond donors (Lipinski definition) is 1. The Morgan fingerprint density at radius 3 is 2.39 bits per heavy atom. The van der Waals surface area contributed by atoms with Crippen molar-refractivity contribution in [2.75, 3.05) is 12.4 Å². The van der Waals surface area contributed by atoms with Crippen molar-refractivity contribution in [1.82, 2.24) is 0 Å². The summed E-state index contributed by atoms with van der Waals surface area (Å²) in [6, 6.07) is 7.07. The molecule has 1 rings (SSSR count). The summed E-state index contributed by atoms with van der Waals surface area (Å²) in [5.41, 5.74) is 1.97. The molecule has 94 valence electrons. The van der Waals surface area contributed by atoms with Crippen molar-refractivity contribution in [2.45, 2.75) is 6.92 Å². The molecule has 1 aromatic rings. The smallest absolute Gasteiger partial charge is 0.330 e. The van der Waals surface area contributed by atoms with Gasteiger partial charge in [-0.15, -0.1) is 0 Å². The normalized spacial score (nSPS) is 10.1. The molecule has 0 spiro atoms. The van der Waals surface area contributed by atoms with Gasteiger partial charge >= 0.3 is 5.97 Å². The highest BCUT2D eigenvalue weighted by Crippen LogP contribution is 2.11. The van der Waals surface area contributed by atoms with E-state index >= 15 is 0 Å². The van der Waals surface area contributed by atoms with Crippen molar-refractivity contribution in [3.05, 3.63) is 48.1 Å². The fourth-order valence-electron chi connectivity index (χ4n) is 1.15. The van der Waals surface area contributed by atoms with Crippen LogP contribution in [0.25, 0.3) is 6.08 Å². The van der Waals surface area contributed by atoms with Crippen molar-refractivity contribution in [3.63, 3.8) is 0 Å². The summed E-state index contributed by atoms with van der Waals surface area (Å²) in [5.74, 6) is -0.623. The Labute approximate surface area is 106 Å². The van der Waals surface area contributed by atoms with Crippen LogP contribution in [-0.2, 0) is 14.3 Å². The lowest BCUT2D eigenvalue weighted by molar-refractivity contribution is -0.134. The van der Waals surface area contributed by atoms with Crippen LogP contribution < -0.4 is 5.32 Å². The van der Waals surface area contributed by atoms with Gasteiger partial charge in [-0.25, -0.2) is 4.79 Å². The van der Waals surface area contributed by atoms with E-state index in [0.29, 0.717) is 11.3 Å². The number of esters is 1. The second kappa shape index (κ2) is 6.39. The van der Waals surface area contributed by atoms with Crippen LogP contribution in [0.2, 0.25) is 0 Å². The molecule has 0 atom stereocenters. The first-order chi connectivity index (χ1) is 8.52. The number of carbonyl (C=O) groups excluding carboxylic acids is 2. The second-order valence-corrected chi connectivity index (χ2v) is 3.71. The van der Waals surface area contributed by atoms with E-state index in [1.165, 1.54) is 13.2 Å². The number of carbonyl (C=O) groups is 2. The predicted octanol–water partition coefficient (Wildman–Crippen LogP) is 2.39. The highest BCUT2D eigenvalue weighted by Gasteiger charge is 2.01. The summed E-state index contributed by atoms with van der Waals surface area (Å²) < 4.78 is 4.48. The Bertz CT molecular complexity index is 486. The Morgan fingerprint density at radius 1 is 1.28 bits per heavy atom. The Kier molecular flexibility index (Phi) is 4.87. The van der Waals surface area contributed by atoms with Crippen LogP contribution in [0.3, 0.4) is 0 Å². The molecule has 1 amide bonds. The van der Waals surface area contributed by atoms with Gasteiger partial charge < -0.3 is 10.1 Å². The summed E-state index contributed by atoms with van der Waals surface area (Å²) in [6.07, 6.45) is 2.97. The van der Waals surface area contributed by atoms with E-state index in [1.54, 1.807) is 37.3 Å². The number of anilines is 1. The predicted molar refractivity (Wildman–Crippen MR) is 70.9 cm³/mol. The Morgan fingerprint density at radius 2 is 1.89 bits per heavy atom. The third-order valence-electron chi connectivity index (χ3n) is 2.17. The summed E-state index contributed by atoms with van der Waals surface area (Å²) in [7, 11) is 1.32. The largest absolute Gasteiger partial charge is 0.466 e. The molecule has 0 heterocycles. The van der Waals surface area contributed by atoms with Crippen LogP contribution in [0.1, 0.15) is 12.5 Å². The molecule has 1 N–H and O–H groups in total. The van der Waals surface area contributed by atoms with E-state index in [9.17, 15) is 9.59 Å². The minimum atomic E-state index is -0.408. The van der Waals surface area contributed by atoms with Crippen LogP contribution >= 0.6 is 0 Å². The van der Waals surface area contributed by atoms with Crippen molar-refractivity contribution < 1.29 is 14.3 Å². The van der Waals surface area contributed by atoms with Crippen LogP contribution in [0.15, 0.2) is 42.5 Å². The molecule has 1 aromatic carbocycles. The first kappa shape index (κ1) is 13.7. The molecule has 0 radical (unpaired) electrons. The minimum absolute atomic E-state index is 0.215. The maximum absolute atomic E-state index is 11.4. The first-order valence-electron chi connectivity index (χ1n) is 5.36. The molecule has 0 aliphatic rings. The topological polar surface area (TPSA) is 55.4 Å². The lowest BCUT2D eigenvalue weighted by Gasteiger charge is -2.04. The molecule has 4 nitrogen and oxygen atoms in total. The first-order valence-corrected chi connectivity index (χ1v) is 5.36. The number of amides is 1. The number of ether oxygens (including phenoxy) is 1. The van der Waals surface area contributed by atoms with Crippen LogP contribution in [0.4, 0.5) is 5.69 Å². The van der Waals surface area contributed by atoms with Gasteiger partial charge in [-0.05, 0) is 30.7 Å². The molecular formula is C14H15NO3. The van der Waals surface area contributed by atoms with Gasteiger partial charge in [0.05, 0.1) is 7.11 Å². The monoisotopic (exact) mass is 245 g/mol. The molecule has 0 aliphatic carbocycles. The lowest BCUT2D eigenvalue weighted by Crippen LogP contribution is -2.11. The average molecular weight is 245 g/mol. The van der Waals surface area contributed by atoms with E-state index in [0.717, 1.165) is 5.56 Å². The van der Waals surface area contributed by atoms with Gasteiger partial charge in [0.25, 0.3) is 5.91 Å². The van der Waals surface area contributed by atoms with Crippen LogP contribution in [0.5, 0.6) is 0 Å². The maximum Gasteiger partial charge on any atom is 0.330 e. The maximum atomic E-state index is 11.4. The fourth-order valence-corrected chi connectivity index (χ4v) is 1.15. The van der Waals surface area contributed by atoms with Gasteiger partial charge in [-0.3, -0.25) is 4.79 Å². The Hall–Kier alpha value is -2.36. The lowest BCUT2D eigenvalue weighted by atomic mass is 10.2. The highest BCUT2D eigenvalue weighted by molar-refractivity contribution is 6.02. The molecule has 0 bridgehead atoms. The van der Waals surface area contributed by atoms with Gasteiger partial charge in [0, 0.05) is 17.3 Å². The van der Waals surface area contributed by atoms with Crippen molar-refractivity contribution in [2.24, 2.45) is 0 Å². The standard InChI is InChI=1S/C14H15NO3/c1-10(2)14(17)15-12-7-4-11(5-8-12)6-9-13(16)18-3/h4-9H,1H2,2-3H3,(H,15,17). The van der Waals surface area contributed by atoms with E-state index in [1.807, 2.05) is 0 Å². The molecular weight excluding hydrogens is 230 g/mol. The van der Waals surface area contributed by atoms with Gasteiger partial charge in [-0.1, -0.05) is 18.7 Å². The van der Waals surface area contributed by atoms with Gasteiger partial charge in [0.2, 0.25) is 0 Å². The van der Waals surface area contributed by atoms with Crippen LogP contribution in [-0.4, -0.2) is 19.0 Å². The molecule has 0 saturated heterocycles. The highest BCUT2D eigenvalue weighted by atomic mass is 16.5. The zero-order valence-corrected chi connectivity index (χ0v) is 10.4. The number of nitrogens with one attached hydrogen (secondary N) is 1. The van der Waals surface area contributed by atoms with Crippen molar-refractivity contribution in [3.8, 4) is 0 Å². The van der Waals surface area contributed by atoms with Crippen LogP contribution in [0, 0.1) is 0 Å². The van der Waals surface area contributed by atoms with Gasteiger partial charge in [-0.2, -0.15) is 0 Å². The van der Waals surface area contributed by atoms with Gasteiger partial charge in [0.1, 0.15) is 0 Å². The zero-order valence-electron chi connectivity index (χ0n) is 10.4. The second-order valence-electron chi connectivity index (χ2n) is 3.71. The summed E-state index contributed by atoms with van der Waals surface area (Å²) in [4.78, 5) is 22.3. The quantitative estimate of drug-likeness (QED) is 0.654. The number of methoxy groups -OCH3 is 1. The summed E-state index contributed by atoms with van der Waals surface area (Å²) >= 11 is 0. The summed E-state index contributed by atoms with van der Waals surface area (Å²) in [6.45, 7) is 5.19. The molecule has 0 fully saturated rings. The SMILES string of the molecule is C=C(C)C(=O)Nc1ccc(C=CC(=O)OC)cc1. The molecule has 4 heteroatoms. The van der Waals surface area contributed by atoms with E-state index in [4.69, 9.17) is 0 Å². The third-order valence-corrected chi connectivity index (χ3v) is 2.17. The number of benzene rings is 1. The number of hydrogen-bond acceptors (Lipinski definition) is 3. The Balaban J connectivity index is 2.68. The number of rotatable bonds is 4. The fraction of sp³-hybridized carbons (Fsp3) is 0.143. The third kappa shape index (κ3) is 4.25. The molecule has 0 aromatic heterocycles. The minimum Gasteiger partial charge on any atom is -0.466 e. The molecule has 0 unspecified atom stereocenters. The molecule has 18 heavy (non-hydrogen) atoms. The van der Waals surface area contributed by atoms with Crippen molar-refractivity contribution >= 4 is 23.6 Å². The van der Waals surface area contributed by atoms with Crippen molar-refractivity contribution in [1.29, 1.82) is 0 Å². The average Bonchev–Trinajstić information content (AvgIpc) is 2.37. The molecule has 0 saturated carbocycles. The van der Waals surface area contributed by atoms with E-state index < -0.39 is 5.97 Å². The van der Waals surface area contributed by atoms with E-state index in [2.05, 4.69) is 16.6 Å².